The smallest absolute Gasteiger partial charge is 0.0980 e. The lowest BCUT2D eigenvalue weighted by Crippen LogP contribution is -2.12. The van der Waals surface area contributed by atoms with Crippen molar-refractivity contribution < 1.29 is 4.74 Å². The van der Waals surface area contributed by atoms with Crippen LogP contribution in [0.15, 0.2) is 53.0 Å². The molecule has 0 amide bonds. The molecule has 0 spiro atoms. The van der Waals surface area contributed by atoms with Crippen LogP contribution in [0.5, 0.6) is 0 Å². The van der Waals surface area contributed by atoms with Crippen LogP contribution in [0.25, 0.3) is 10.9 Å². The number of nitrogens with one attached hydrogen (secondary N) is 1. The molecule has 2 aromatic carbocycles. The van der Waals surface area contributed by atoms with Crippen LogP contribution in [-0.2, 0) is 17.8 Å². The number of fused-ring (bicyclic) bond motifs is 3. The molecular formula is C19H19BrClNO. The predicted molar refractivity (Wildman–Crippen MR) is 100 cm³/mol. The molecule has 0 fully saturated rings. The Balaban J connectivity index is 0.00000156. The van der Waals surface area contributed by atoms with Crippen molar-refractivity contribution in [2.75, 3.05) is 0 Å². The summed E-state index contributed by atoms with van der Waals surface area (Å²) in [5, 5.41) is 1.33. The number of aromatic amines is 1. The molecule has 1 aromatic heterocycles. The van der Waals surface area contributed by atoms with Gasteiger partial charge in [0.2, 0.25) is 0 Å². The van der Waals surface area contributed by atoms with Crippen molar-refractivity contribution in [2.45, 2.75) is 32.0 Å². The molecule has 2 nitrogen and oxygen atoms in total. The van der Waals surface area contributed by atoms with Crippen molar-refractivity contribution in [1.29, 1.82) is 0 Å². The minimum absolute atomic E-state index is 0. The van der Waals surface area contributed by atoms with Crippen molar-refractivity contribution in [2.24, 2.45) is 0 Å². The third kappa shape index (κ3) is 3.32. The van der Waals surface area contributed by atoms with Gasteiger partial charge in [-0.15, -0.1) is 12.4 Å². The van der Waals surface area contributed by atoms with E-state index in [0.29, 0.717) is 6.61 Å². The molecule has 1 aliphatic carbocycles. The van der Waals surface area contributed by atoms with E-state index in [-0.39, 0.29) is 18.5 Å². The summed E-state index contributed by atoms with van der Waals surface area (Å²) < 4.78 is 7.35. The van der Waals surface area contributed by atoms with Gasteiger partial charge in [0.1, 0.15) is 0 Å². The zero-order valence-corrected chi connectivity index (χ0v) is 15.1. The molecule has 0 bridgehead atoms. The largest absolute Gasteiger partial charge is 0.367 e. The van der Waals surface area contributed by atoms with Gasteiger partial charge in [0.05, 0.1) is 12.7 Å². The summed E-state index contributed by atoms with van der Waals surface area (Å²) in [6.45, 7) is 0.671. The zero-order chi connectivity index (χ0) is 14.9. The molecule has 3 aromatic rings. The molecule has 0 radical (unpaired) electrons. The quantitative estimate of drug-likeness (QED) is 0.585. The number of aromatic nitrogens is 1. The standard InChI is InChI=1S/C19H18BrNO.ClH/c20-14-9-10-17-16(11-14)15-7-4-8-18(19(15)21-17)22-12-13-5-2-1-3-6-13;/h1-3,5-6,9-11,18,21H,4,7-8,12H2;1H. The van der Waals surface area contributed by atoms with Gasteiger partial charge in [-0.3, -0.25) is 0 Å². The minimum Gasteiger partial charge on any atom is -0.367 e. The van der Waals surface area contributed by atoms with Crippen molar-refractivity contribution in [3.63, 3.8) is 0 Å². The van der Waals surface area contributed by atoms with Gasteiger partial charge in [0.25, 0.3) is 0 Å². The van der Waals surface area contributed by atoms with Crippen LogP contribution in [0.4, 0.5) is 0 Å². The molecule has 1 N–H and O–H groups in total. The van der Waals surface area contributed by atoms with E-state index in [0.717, 1.165) is 17.3 Å². The maximum atomic E-state index is 6.21. The Morgan fingerprint density at radius 1 is 1.13 bits per heavy atom. The van der Waals surface area contributed by atoms with Crippen LogP contribution >= 0.6 is 28.3 Å². The number of benzene rings is 2. The van der Waals surface area contributed by atoms with Gasteiger partial charge in [0.15, 0.2) is 0 Å². The van der Waals surface area contributed by atoms with Gasteiger partial charge in [-0.25, -0.2) is 0 Å². The molecule has 4 heteroatoms. The number of rotatable bonds is 3. The molecule has 23 heavy (non-hydrogen) atoms. The third-order valence-electron chi connectivity index (χ3n) is 4.41. The molecule has 4 rings (SSSR count). The number of hydrogen-bond donors (Lipinski definition) is 1. The molecule has 1 aliphatic rings. The summed E-state index contributed by atoms with van der Waals surface area (Å²) in [6, 6.07) is 16.8. The first-order valence-electron chi connectivity index (χ1n) is 7.77. The van der Waals surface area contributed by atoms with Crippen molar-refractivity contribution in [3.05, 3.63) is 69.8 Å². The van der Waals surface area contributed by atoms with E-state index in [4.69, 9.17) is 4.74 Å². The fourth-order valence-electron chi connectivity index (χ4n) is 3.33. The number of H-pyrrole nitrogens is 1. The molecule has 0 saturated carbocycles. The minimum atomic E-state index is 0. The van der Waals surface area contributed by atoms with Crippen molar-refractivity contribution in [3.8, 4) is 0 Å². The van der Waals surface area contributed by atoms with E-state index >= 15 is 0 Å². The Kier molecular flexibility index (Phi) is 5.10. The van der Waals surface area contributed by atoms with Crippen molar-refractivity contribution in [1.82, 2.24) is 4.98 Å². The zero-order valence-electron chi connectivity index (χ0n) is 12.7. The lowest BCUT2D eigenvalue weighted by molar-refractivity contribution is 0.0260. The summed E-state index contributed by atoms with van der Waals surface area (Å²) >= 11 is 3.58. The Bertz CT molecular complexity index is 800. The van der Waals surface area contributed by atoms with E-state index in [9.17, 15) is 0 Å². The Labute approximate surface area is 150 Å². The second kappa shape index (κ2) is 7.08. The highest BCUT2D eigenvalue weighted by Gasteiger charge is 2.24. The Morgan fingerprint density at radius 3 is 2.78 bits per heavy atom. The first kappa shape index (κ1) is 16.6. The summed E-state index contributed by atoms with van der Waals surface area (Å²) in [6.07, 6.45) is 3.59. The maximum absolute atomic E-state index is 6.21. The first-order valence-corrected chi connectivity index (χ1v) is 8.56. The van der Waals surface area contributed by atoms with E-state index in [1.165, 1.54) is 34.1 Å². The van der Waals surface area contributed by atoms with Crippen LogP contribution < -0.4 is 0 Å². The fourth-order valence-corrected chi connectivity index (χ4v) is 3.69. The molecule has 1 atom stereocenters. The molecular weight excluding hydrogens is 374 g/mol. The second-order valence-corrected chi connectivity index (χ2v) is 6.80. The van der Waals surface area contributed by atoms with Gasteiger partial charge in [0, 0.05) is 21.1 Å². The van der Waals surface area contributed by atoms with Gasteiger partial charge >= 0.3 is 0 Å². The lowest BCUT2D eigenvalue weighted by atomic mass is 9.93. The fraction of sp³-hybridized carbons (Fsp3) is 0.263. The Morgan fingerprint density at radius 2 is 1.96 bits per heavy atom. The van der Waals surface area contributed by atoms with Crippen LogP contribution in [0.3, 0.4) is 0 Å². The molecule has 1 unspecified atom stereocenters. The number of ether oxygens (including phenoxy) is 1. The molecule has 120 valence electrons. The summed E-state index contributed by atoms with van der Waals surface area (Å²) in [7, 11) is 0. The van der Waals surface area contributed by atoms with Crippen LogP contribution in [-0.4, -0.2) is 4.98 Å². The van der Waals surface area contributed by atoms with Crippen LogP contribution in [0.2, 0.25) is 0 Å². The topological polar surface area (TPSA) is 25.0 Å². The predicted octanol–water partition coefficient (Wildman–Crippen LogP) is 5.95. The van der Waals surface area contributed by atoms with E-state index in [2.05, 4.69) is 63.4 Å². The highest BCUT2D eigenvalue weighted by atomic mass is 79.9. The van der Waals surface area contributed by atoms with Crippen LogP contribution in [0.1, 0.15) is 35.8 Å². The first-order chi connectivity index (χ1) is 10.8. The number of hydrogen-bond acceptors (Lipinski definition) is 1. The van der Waals surface area contributed by atoms with Gasteiger partial charge < -0.3 is 9.72 Å². The van der Waals surface area contributed by atoms with E-state index in [1.807, 2.05) is 6.07 Å². The number of halogens is 2. The van der Waals surface area contributed by atoms with Crippen LogP contribution in [0, 0.1) is 0 Å². The lowest BCUT2D eigenvalue weighted by Gasteiger charge is -2.23. The summed E-state index contributed by atoms with van der Waals surface area (Å²) in [5.74, 6) is 0. The Hall–Kier alpha value is -1.29. The summed E-state index contributed by atoms with van der Waals surface area (Å²) in [4.78, 5) is 3.58. The maximum Gasteiger partial charge on any atom is 0.0980 e. The molecule has 0 saturated heterocycles. The number of aryl methyl sites for hydroxylation is 1. The highest BCUT2D eigenvalue weighted by Crippen LogP contribution is 2.37. The summed E-state index contributed by atoms with van der Waals surface area (Å²) in [5.41, 5.74) is 5.15. The van der Waals surface area contributed by atoms with Gasteiger partial charge in [-0.05, 0) is 48.6 Å². The van der Waals surface area contributed by atoms with Crippen molar-refractivity contribution >= 4 is 39.2 Å². The second-order valence-electron chi connectivity index (χ2n) is 5.88. The average Bonchev–Trinajstić information content (AvgIpc) is 2.92. The monoisotopic (exact) mass is 391 g/mol. The van der Waals surface area contributed by atoms with Gasteiger partial charge in [-0.2, -0.15) is 0 Å². The molecule has 0 aliphatic heterocycles. The normalized spacial score (nSPS) is 16.8. The van der Waals surface area contributed by atoms with E-state index < -0.39 is 0 Å². The SMILES string of the molecule is Brc1ccc2[nH]c3c(c2c1)CCCC3OCc1ccccc1.Cl. The molecule has 1 heterocycles. The van der Waals surface area contributed by atoms with Gasteiger partial charge in [-0.1, -0.05) is 46.3 Å². The average molecular weight is 393 g/mol. The highest BCUT2D eigenvalue weighted by molar-refractivity contribution is 9.10. The third-order valence-corrected chi connectivity index (χ3v) is 4.90. The van der Waals surface area contributed by atoms with E-state index in [1.54, 1.807) is 0 Å².